The van der Waals surface area contributed by atoms with E-state index >= 15 is 0 Å². The number of para-hydroxylation sites is 1. The van der Waals surface area contributed by atoms with Crippen LogP contribution in [0, 0.1) is 17.2 Å². The Kier molecular flexibility index (Phi) is 4.74. The number of hydrogen-bond acceptors (Lipinski definition) is 5. The molecule has 4 aromatic rings. The van der Waals surface area contributed by atoms with E-state index in [9.17, 15) is 0 Å². The smallest absolute Gasteiger partial charge is 0.163 e. The van der Waals surface area contributed by atoms with Gasteiger partial charge in [-0.25, -0.2) is 15.0 Å². The fourth-order valence-corrected chi connectivity index (χ4v) is 3.82. The van der Waals surface area contributed by atoms with E-state index in [4.69, 9.17) is 10.3 Å². The van der Waals surface area contributed by atoms with E-state index in [1.807, 2.05) is 36.5 Å². The zero-order valence-corrected chi connectivity index (χ0v) is 16.4. The molecule has 5 nitrogen and oxygen atoms in total. The van der Waals surface area contributed by atoms with Crippen LogP contribution in [-0.4, -0.2) is 20.7 Å². The Morgan fingerprint density at radius 1 is 1.00 bits per heavy atom. The molecule has 2 aromatic carbocycles. The first-order valence-electron chi connectivity index (χ1n) is 10.0. The molecule has 1 aliphatic carbocycles. The van der Waals surface area contributed by atoms with E-state index < -0.39 is 0 Å². The van der Waals surface area contributed by atoms with Crippen molar-refractivity contribution in [1.29, 1.82) is 5.26 Å². The molecule has 0 radical (unpaired) electrons. The number of aromatic nitrogens is 3. The largest absolute Gasteiger partial charge is 0.256 e. The number of allylic oxidation sites excluding steroid dienone is 2. The summed E-state index contributed by atoms with van der Waals surface area (Å²) < 4.78 is 0. The van der Waals surface area contributed by atoms with Crippen molar-refractivity contribution in [2.24, 2.45) is 10.9 Å². The summed E-state index contributed by atoms with van der Waals surface area (Å²) in [6.07, 6.45) is 9.92. The summed E-state index contributed by atoms with van der Waals surface area (Å²) in [5.41, 5.74) is 4.95. The van der Waals surface area contributed by atoms with Gasteiger partial charge in [0.05, 0.1) is 17.1 Å². The van der Waals surface area contributed by atoms with Crippen molar-refractivity contribution in [3.63, 3.8) is 0 Å². The van der Waals surface area contributed by atoms with Gasteiger partial charge >= 0.3 is 0 Å². The summed E-state index contributed by atoms with van der Waals surface area (Å²) in [4.78, 5) is 18.2. The highest BCUT2D eigenvalue weighted by atomic mass is 15.0. The van der Waals surface area contributed by atoms with E-state index in [2.05, 4.69) is 51.4 Å². The molecule has 0 fully saturated rings. The molecule has 0 spiro atoms. The van der Waals surface area contributed by atoms with Crippen LogP contribution in [0.5, 0.6) is 0 Å². The van der Waals surface area contributed by atoms with Gasteiger partial charge in [0.2, 0.25) is 0 Å². The minimum atomic E-state index is 0.322. The molecule has 0 amide bonds. The Morgan fingerprint density at radius 3 is 2.80 bits per heavy atom. The predicted octanol–water partition coefficient (Wildman–Crippen LogP) is 5.80. The van der Waals surface area contributed by atoms with Gasteiger partial charge in [-0.3, -0.25) is 4.98 Å². The Balaban J connectivity index is 1.55. The standard InChI is InChI=1S/C25H19N5/c26-12-11-17-5-8-21(9-6-17)30-25-22-14-18(7-10-24(22)28-16-29-25)20-13-19-3-1-2-4-23(19)27-15-20/h1-5,7-8,10,13-17H,6,9,11H2. The number of aliphatic imine (C=N–C) groups is 1. The van der Waals surface area contributed by atoms with E-state index in [1.165, 1.54) is 0 Å². The Labute approximate surface area is 174 Å². The van der Waals surface area contributed by atoms with Crippen molar-refractivity contribution in [3.05, 3.63) is 73.2 Å². The van der Waals surface area contributed by atoms with Crippen LogP contribution in [0.2, 0.25) is 0 Å². The van der Waals surface area contributed by atoms with Crippen molar-refractivity contribution in [2.45, 2.75) is 19.3 Å². The number of benzene rings is 2. The second kappa shape index (κ2) is 7.84. The van der Waals surface area contributed by atoms with Gasteiger partial charge in [0.15, 0.2) is 5.82 Å². The monoisotopic (exact) mass is 389 g/mol. The van der Waals surface area contributed by atoms with Gasteiger partial charge in [0, 0.05) is 34.7 Å². The number of nitriles is 1. The molecule has 5 rings (SSSR count). The second-order valence-electron chi connectivity index (χ2n) is 7.47. The summed E-state index contributed by atoms with van der Waals surface area (Å²) in [6.45, 7) is 0. The van der Waals surface area contributed by atoms with Crippen LogP contribution < -0.4 is 0 Å². The third-order valence-corrected chi connectivity index (χ3v) is 5.47. The normalized spacial score (nSPS) is 17.4. The topological polar surface area (TPSA) is 74.8 Å². The van der Waals surface area contributed by atoms with Crippen molar-refractivity contribution in [2.75, 3.05) is 0 Å². The number of nitrogens with zero attached hydrogens (tertiary/aromatic N) is 5. The lowest BCUT2D eigenvalue weighted by molar-refractivity contribution is 0.613. The van der Waals surface area contributed by atoms with Crippen LogP contribution >= 0.6 is 0 Å². The highest BCUT2D eigenvalue weighted by Crippen LogP contribution is 2.30. The van der Waals surface area contributed by atoms with Crippen molar-refractivity contribution in [3.8, 4) is 17.2 Å². The lowest BCUT2D eigenvalue weighted by Gasteiger charge is -2.14. The summed E-state index contributed by atoms with van der Waals surface area (Å²) >= 11 is 0. The van der Waals surface area contributed by atoms with E-state index in [0.29, 0.717) is 18.2 Å². The third-order valence-electron chi connectivity index (χ3n) is 5.47. The molecule has 0 N–H and O–H groups in total. The minimum Gasteiger partial charge on any atom is -0.256 e. The molecule has 0 saturated heterocycles. The van der Waals surface area contributed by atoms with Gasteiger partial charge in [-0.05, 0) is 54.7 Å². The molecule has 0 bridgehead atoms. The van der Waals surface area contributed by atoms with Gasteiger partial charge in [-0.15, -0.1) is 0 Å². The molecule has 1 atom stereocenters. The molecule has 1 aliphatic rings. The Morgan fingerprint density at radius 2 is 1.93 bits per heavy atom. The first-order valence-corrected chi connectivity index (χ1v) is 10.0. The maximum Gasteiger partial charge on any atom is 0.163 e. The molecule has 30 heavy (non-hydrogen) atoms. The SMILES string of the molecule is N#CCC1C=CC(=Nc2ncnc3ccc(-c4cnc5ccccc5c4)cc23)CC1. The summed E-state index contributed by atoms with van der Waals surface area (Å²) in [5, 5.41) is 10.9. The van der Waals surface area contributed by atoms with E-state index in [-0.39, 0.29) is 0 Å². The number of hydrogen-bond donors (Lipinski definition) is 0. The maximum atomic E-state index is 8.88. The Hall–Kier alpha value is -3.91. The van der Waals surface area contributed by atoms with Crippen LogP contribution in [0.3, 0.4) is 0 Å². The van der Waals surface area contributed by atoms with Gasteiger partial charge in [-0.1, -0.05) is 30.3 Å². The van der Waals surface area contributed by atoms with Gasteiger partial charge < -0.3 is 0 Å². The zero-order valence-electron chi connectivity index (χ0n) is 16.4. The van der Waals surface area contributed by atoms with E-state index in [0.717, 1.165) is 51.5 Å². The minimum absolute atomic E-state index is 0.322. The summed E-state index contributed by atoms with van der Waals surface area (Å²) in [7, 11) is 0. The molecule has 2 aromatic heterocycles. The fourth-order valence-electron chi connectivity index (χ4n) is 3.82. The number of rotatable bonds is 3. The van der Waals surface area contributed by atoms with Crippen LogP contribution in [0.15, 0.2) is 78.2 Å². The van der Waals surface area contributed by atoms with Crippen LogP contribution in [0.1, 0.15) is 19.3 Å². The molecule has 2 heterocycles. The summed E-state index contributed by atoms with van der Waals surface area (Å²) in [6, 6.07) is 18.7. The average molecular weight is 389 g/mol. The first kappa shape index (κ1) is 18.1. The predicted molar refractivity (Wildman–Crippen MR) is 119 cm³/mol. The maximum absolute atomic E-state index is 8.88. The van der Waals surface area contributed by atoms with Crippen LogP contribution in [-0.2, 0) is 0 Å². The fraction of sp³-hybridized carbons (Fsp3) is 0.160. The zero-order chi connectivity index (χ0) is 20.3. The second-order valence-corrected chi connectivity index (χ2v) is 7.47. The lowest BCUT2D eigenvalue weighted by Crippen LogP contribution is -2.07. The molecular weight excluding hydrogens is 370 g/mol. The van der Waals surface area contributed by atoms with Gasteiger partial charge in [-0.2, -0.15) is 5.26 Å². The van der Waals surface area contributed by atoms with Gasteiger partial charge in [0.25, 0.3) is 0 Å². The molecule has 144 valence electrons. The third kappa shape index (κ3) is 3.56. The highest BCUT2D eigenvalue weighted by molar-refractivity contribution is 6.00. The molecule has 5 heteroatoms. The van der Waals surface area contributed by atoms with Crippen molar-refractivity contribution in [1.82, 2.24) is 15.0 Å². The molecular formula is C25H19N5. The van der Waals surface area contributed by atoms with Crippen LogP contribution in [0.25, 0.3) is 32.9 Å². The van der Waals surface area contributed by atoms with Gasteiger partial charge in [0.1, 0.15) is 6.33 Å². The van der Waals surface area contributed by atoms with E-state index in [1.54, 1.807) is 6.33 Å². The highest BCUT2D eigenvalue weighted by Gasteiger charge is 2.13. The average Bonchev–Trinajstić information content (AvgIpc) is 2.80. The molecule has 0 saturated carbocycles. The first-order chi connectivity index (χ1) is 14.8. The summed E-state index contributed by atoms with van der Waals surface area (Å²) in [5.74, 6) is 0.997. The van der Waals surface area contributed by atoms with Crippen molar-refractivity contribution >= 4 is 33.3 Å². The quantitative estimate of drug-likeness (QED) is 0.444. The number of fused-ring (bicyclic) bond motifs is 2. The molecule has 1 unspecified atom stereocenters. The van der Waals surface area contributed by atoms with Crippen LogP contribution in [0.4, 0.5) is 5.82 Å². The number of pyridine rings is 1. The lowest BCUT2D eigenvalue weighted by atomic mass is 9.92. The molecule has 0 aliphatic heterocycles. The van der Waals surface area contributed by atoms with Crippen molar-refractivity contribution < 1.29 is 0 Å². The Bertz CT molecular complexity index is 1350.